The Morgan fingerprint density at radius 3 is 2.89 bits per heavy atom. The van der Waals surface area contributed by atoms with Crippen molar-refractivity contribution < 1.29 is 4.92 Å². The Morgan fingerprint density at radius 2 is 2.28 bits per heavy atom. The van der Waals surface area contributed by atoms with Gasteiger partial charge in [-0.15, -0.1) is 11.3 Å². The highest BCUT2D eigenvalue weighted by Crippen LogP contribution is 2.22. The van der Waals surface area contributed by atoms with Crippen molar-refractivity contribution in [2.45, 2.75) is 13.5 Å². The highest BCUT2D eigenvalue weighted by molar-refractivity contribution is 7.11. The lowest BCUT2D eigenvalue weighted by Gasteiger charge is -2.04. The van der Waals surface area contributed by atoms with Gasteiger partial charge in [-0.25, -0.2) is 9.97 Å². The fraction of sp³-hybridized carbons (Fsp3) is 0.222. The maximum atomic E-state index is 10.8. The smallest absolute Gasteiger partial charge is 0.329 e. The van der Waals surface area contributed by atoms with Crippen LogP contribution >= 0.6 is 11.3 Å². The van der Waals surface area contributed by atoms with Gasteiger partial charge in [0.1, 0.15) is 11.2 Å². The Morgan fingerprint density at radius 1 is 1.50 bits per heavy atom. The van der Waals surface area contributed by atoms with Crippen molar-refractivity contribution in [1.29, 1.82) is 0 Å². The number of hydrogen-bond donors (Lipinski definition) is 2. The molecule has 2 aromatic heterocycles. The van der Waals surface area contributed by atoms with Crippen LogP contribution in [0.2, 0.25) is 0 Å². The largest absolute Gasteiger partial charge is 0.368 e. The molecular formula is C9H10N6O2S. The van der Waals surface area contributed by atoms with E-state index in [1.54, 1.807) is 6.20 Å². The average Bonchev–Trinajstić information content (AvgIpc) is 2.72. The second kappa shape index (κ2) is 4.92. The van der Waals surface area contributed by atoms with Gasteiger partial charge in [-0.1, -0.05) is 0 Å². The number of aryl methyl sites for hydroxylation is 1. The number of aromatic nitrogens is 3. The first-order valence-electron chi connectivity index (χ1n) is 4.98. The summed E-state index contributed by atoms with van der Waals surface area (Å²) in [5, 5.41) is 14.4. The molecule has 0 aromatic carbocycles. The summed E-state index contributed by atoms with van der Waals surface area (Å²) in [5.41, 5.74) is 5.19. The van der Waals surface area contributed by atoms with Crippen molar-refractivity contribution in [3.8, 4) is 0 Å². The summed E-state index contributed by atoms with van der Waals surface area (Å²) in [7, 11) is 0. The minimum absolute atomic E-state index is 0.0154. The second-order valence-corrected chi connectivity index (χ2v) is 4.76. The van der Waals surface area contributed by atoms with Gasteiger partial charge in [0.15, 0.2) is 0 Å². The molecule has 0 radical (unpaired) electrons. The standard InChI is InChI=1S/C9H10N6O2S/c1-5-2-11-7(18-5)4-12-8-6(15(16)17)3-13-9(10)14-8/h2-3H,4H2,1H3,(H3,10,12,13,14). The molecule has 94 valence electrons. The third-order valence-electron chi connectivity index (χ3n) is 2.06. The van der Waals surface area contributed by atoms with Gasteiger partial charge in [0.2, 0.25) is 11.8 Å². The number of nitrogens with zero attached hydrogens (tertiary/aromatic N) is 4. The minimum Gasteiger partial charge on any atom is -0.368 e. The first-order valence-corrected chi connectivity index (χ1v) is 5.80. The van der Waals surface area contributed by atoms with E-state index in [-0.39, 0.29) is 17.5 Å². The summed E-state index contributed by atoms with van der Waals surface area (Å²) >= 11 is 1.51. The molecule has 3 N–H and O–H groups in total. The van der Waals surface area contributed by atoms with Gasteiger partial charge < -0.3 is 11.1 Å². The van der Waals surface area contributed by atoms with Crippen LogP contribution in [0.25, 0.3) is 0 Å². The van der Waals surface area contributed by atoms with E-state index < -0.39 is 4.92 Å². The number of hydrogen-bond acceptors (Lipinski definition) is 8. The Balaban J connectivity index is 2.17. The third kappa shape index (κ3) is 2.69. The second-order valence-electron chi connectivity index (χ2n) is 3.44. The van der Waals surface area contributed by atoms with E-state index in [1.165, 1.54) is 11.3 Å². The Kier molecular flexibility index (Phi) is 3.33. The van der Waals surface area contributed by atoms with Crippen LogP contribution in [0.3, 0.4) is 0 Å². The van der Waals surface area contributed by atoms with Gasteiger partial charge in [0, 0.05) is 11.1 Å². The first-order chi connectivity index (χ1) is 8.56. The monoisotopic (exact) mass is 266 g/mol. The van der Waals surface area contributed by atoms with Crippen molar-refractivity contribution >= 4 is 28.8 Å². The maximum absolute atomic E-state index is 10.8. The topological polar surface area (TPSA) is 120 Å². The zero-order valence-electron chi connectivity index (χ0n) is 9.45. The van der Waals surface area contributed by atoms with Crippen LogP contribution in [0.1, 0.15) is 9.88 Å². The number of nitrogens with one attached hydrogen (secondary N) is 1. The molecule has 0 fully saturated rings. The molecule has 0 atom stereocenters. The van der Waals surface area contributed by atoms with Crippen molar-refractivity contribution in [1.82, 2.24) is 15.0 Å². The van der Waals surface area contributed by atoms with E-state index in [4.69, 9.17) is 5.73 Å². The van der Waals surface area contributed by atoms with E-state index in [0.717, 1.165) is 16.1 Å². The summed E-state index contributed by atoms with van der Waals surface area (Å²) in [6.07, 6.45) is 2.82. The fourth-order valence-corrected chi connectivity index (χ4v) is 2.02. The summed E-state index contributed by atoms with van der Waals surface area (Å²) in [6.45, 7) is 2.29. The number of thiazole rings is 1. The third-order valence-corrected chi connectivity index (χ3v) is 2.97. The lowest BCUT2D eigenvalue weighted by Crippen LogP contribution is -2.07. The quantitative estimate of drug-likeness (QED) is 0.632. The van der Waals surface area contributed by atoms with Crippen LogP contribution in [0.4, 0.5) is 17.5 Å². The van der Waals surface area contributed by atoms with Crippen LogP contribution < -0.4 is 11.1 Å². The van der Waals surface area contributed by atoms with Gasteiger partial charge in [0.05, 0.1) is 11.5 Å². The molecule has 2 rings (SSSR count). The van der Waals surface area contributed by atoms with E-state index >= 15 is 0 Å². The molecule has 9 heteroatoms. The number of rotatable bonds is 4. The van der Waals surface area contributed by atoms with Crippen LogP contribution in [-0.4, -0.2) is 19.9 Å². The van der Waals surface area contributed by atoms with E-state index in [1.807, 2.05) is 6.92 Å². The van der Waals surface area contributed by atoms with Crippen molar-refractivity contribution in [2.24, 2.45) is 0 Å². The molecule has 0 spiro atoms. The first kappa shape index (κ1) is 12.2. The molecule has 0 unspecified atom stereocenters. The average molecular weight is 266 g/mol. The lowest BCUT2D eigenvalue weighted by atomic mass is 10.4. The molecule has 18 heavy (non-hydrogen) atoms. The SMILES string of the molecule is Cc1cnc(CNc2nc(N)ncc2[N+](=O)[O-])s1. The van der Waals surface area contributed by atoms with E-state index in [9.17, 15) is 10.1 Å². The molecule has 0 bridgehead atoms. The summed E-state index contributed by atoms with van der Waals surface area (Å²) < 4.78 is 0. The van der Waals surface area contributed by atoms with Gasteiger partial charge in [-0.05, 0) is 6.92 Å². The minimum atomic E-state index is -0.561. The molecular weight excluding hydrogens is 256 g/mol. The van der Waals surface area contributed by atoms with Gasteiger partial charge >= 0.3 is 5.69 Å². The number of nitrogen functional groups attached to an aromatic ring is 1. The summed E-state index contributed by atoms with van der Waals surface area (Å²) in [4.78, 5) is 22.8. The van der Waals surface area contributed by atoms with Gasteiger partial charge in [-0.3, -0.25) is 10.1 Å². The van der Waals surface area contributed by atoms with Crippen LogP contribution in [0.15, 0.2) is 12.4 Å². The van der Waals surface area contributed by atoms with Crippen molar-refractivity contribution in [2.75, 3.05) is 11.1 Å². The van der Waals surface area contributed by atoms with Gasteiger partial charge in [0.25, 0.3) is 0 Å². The number of anilines is 2. The Bertz CT molecular complexity index is 584. The van der Waals surface area contributed by atoms with Crippen LogP contribution in [0.5, 0.6) is 0 Å². The summed E-state index contributed by atoms with van der Waals surface area (Å²) in [6, 6.07) is 0. The van der Waals surface area contributed by atoms with E-state index in [2.05, 4.69) is 20.3 Å². The Labute approximate surface area is 106 Å². The van der Waals surface area contributed by atoms with Crippen LogP contribution in [-0.2, 0) is 6.54 Å². The zero-order valence-corrected chi connectivity index (χ0v) is 10.3. The number of nitrogens with two attached hydrogens (primary N) is 1. The molecule has 0 aliphatic rings. The predicted molar refractivity (Wildman–Crippen MR) is 67.3 cm³/mol. The highest BCUT2D eigenvalue weighted by Gasteiger charge is 2.16. The van der Waals surface area contributed by atoms with Crippen LogP contribution in [0, 0.1) is 17.0 Å². The molecule has 0 saturated carbocycles. The molecule has 0 amide bonds. The fourth-order valence-electron chi connectivity index (χ4n) is 1.30. The zero-order chi connectivity index (χ0) is 13.1. The molecule has 2 heterocycles. The number of nitro groups is 1. The van der Waals surface area contributed by atoms with Gasteiger partial charge in [-0.2, -0.15) is 4.98 Å². The van der Waals surface area contributed by atoms with Crippen molar-refractivity contribution in [3.63, 3.8) is 0 Å². The molecule has 0 aliphatic heterocycles. The molecule has 8 nitrogen and oxygen atoms in total. The molecule has 0 saturated heterocycles. The van der Waals surface area contributed by atoms with E-state index in [0.29, 0.717) is 6.54 Å². The molecule has 0 aliphatic carbocycles. The summed E-state index contributed by atoms with van der Waals surface area (Å²) in [5.74, 6) is 0.0822. The maximum Gasteiger partial charge on any atom is 0.329 e. The predicted octanol–water partition coefficient (Wildman–Crippen LogP) is 1.34. The lowest BCUT2D eigenvalue weighted by molar-refractivity contribution is -0.384. The highest BCUT2D eigenvalue weighted by atomic mass is 32.1. The van der Waals surface area contributed by atoms with Crippen molar-refractivity contribution in [3.05, 3.63) is 32.4 Å². The normalized spacial score (nSPS) is 10.3. The molecule has 2 aromatic rings. The Hall–Kier alpha value is -2.29.